The lowest BCUT2D eigenvalue weighted by Crippen LogP contribution is -2.28. The summed E-state index contributed by atoms with van der Waals surface area (Å²) in [6.45, 7) is 0.170. The Morgan fingerprint density at radius 3 is 2.67 bits per heavy atom. The van der Waals surface area contributed by atoms with E-state index in [1.807, 2.05) is 42.5 Å². The van der Waals surface area contributed by atoms with E-state index in [9.17, 15) is 4.79 Å². The van der Waals surface area contributed by atoms with E-state index in [-0.39, 0.29) is 6.61 Å². The molecule has 4 nitrogen and oxygen atoms in total. The maximum atomic E-state index is 11.7. The fraction of sp³-hybridized carbons (Fsp3) is 0.125. The molecule has 0 saturated carbocycles. The zero-order valence-corrected chi connectivity index (χ0v) is 12.7. The maximum Gasteiger partial charge on any atom is 0.408 e. The van der Waals surface area contributed by atoms with Crippen molar-refractivity contribution in [2.24, 2.45) is 0 Å². The van der Waals surface area contributed by atoms with Crippen LogP contribution in [0.1, 0.15) is 17.2 Å². The van der Waals surface area contributed by atoms with E-state index in [4.69, 9.17) is 10.00 Å². The smallest absolute Gasteiger partial charge is 0.408 e. The largest absolute Gasteiger partial charge is 0.445 e. The first-order valence-electron chi connectivity index (χ1n) is 6.31. The summed E-state index contributed by atoms with van der Waals surface area (Å²) in [6, 6.07) is 17.9. The van der Waals surface area contributed by atoms with Crippen LogP contribution in [0, 0.1) is 11.3 Å². The van der Waals surface area contributed by atoms with Crippen molar-refractivity contribution in [3.63, 3.8) is 0 Å². The van der Waals surface area contributed by atoms with Crippen LogP contribution in [0.2, 0.25) is 0 Å². The number of halogens is 1. The third-order valence-corrected chi connectivity index (χ3v) is 3.28. The topological polar surface area (TPSA) is 62.1 Å². The monoisotopic (exact) mass is 344 g/mol. The number of carbonyl (C=O) groups is 1. The molecule has 0 aliphatic rings. The Balaban J connectivity index is 1.93. The van der Waals surface area contributed by atoms with Gasteiger partial charge in [0.2, 0.25) is 0 Å². The Bertz CT molecular complexity index is 653. The first-order valence-corrected chi connectivity index (χ1v) is 7.10. The number of carbonyl (C=O) groups excluding carboxylic acids is 1. The minimum atomic E-state index is -0.745. The number of hydrogen-bond donors (Lipinski definition) is 1. The first kappa shape index (κ1) is 15.1. The number of nitrogens with one attached hydrogen (secondary N) is 1. The van der Waals surface area contributed by atoms with Crippen LogP contribution in [0.25, 0.3) is 0 Å². The highest BCUT2D eigenvalue weighted by atomic mass is 79.9. The molecule has 0 radical (unpaired) electrons. The van der Waals surface area contributed by atoms with Gasteiger partial charge in [0.15, 0.2) is 0 Å². The van der Waals surface area contributed by atoms with Crippen molar-refractivity contribution >= 4 is 22.0 Å². The Morgan fingerprint density at radius 2 is 2.00 bits per heavy atom. The maximum absolute atomic E-state index is 11.7. The minimum absolute atomic E-state index is 0.170. The highest BCUT2D eigenvalue weighted by Gasteiger charge is 2.14. The van der Waals surface area contributed by atoms with E-state index in [0.717, 1.165) is 10.0 Å². The predicted molar refractivity (Wildman–Crippen MR) is 82.3 cm³/mol. The van der Waals surface area contributed by atoms with Crippen molar-refractivity contribution in [2.45, 2.75) is 12.6 Å². The van der Waals surface area contributed by atoms with Crippen LogP contribution in [0.5, 0.6) is 0 Å². The van der Waals surface area contributed by atoms with Crippen LogP contribution >= 0.6 is 15.9 Å². The summed E-state index contributed by atoms with van der Waals surface area (Å²) in [5.74, 6) is 0. The number of benzene rings is 2. The van der Waals surface area contributed by atoms with Gasteiger partial charge >= 0.3 is 6.09 Å². The van der Waals surface area contributed by atoms with Gasteiger partial charge in [0, 0.05) is 4.47 Å². The zero-order valence-electron chi connectivity index (χ0n) is 11.1. The van der Waals surface area contributed by atoms with Crippen LogP contribution in [0.4, 0.5) is 4.79 Å². The molecule has 21 heavy (non-hydrogen) atoms. The summed E-state index contributed by atoms with van der Waals surface area (Å²) < 4.78 is 5.95. The Hall–Kier alpha value is -2.32. The number of nitrogens with zero attached hydrogens (tertiary/aromatic N) is 1. The Morgan fingerprint density at radius 1 is 1.24 bits per heavy atom. The average molecular weight is 345 g/mol. The second kappa shape index (κ2) is 7.46. The number of nitriles is 1. The summed E-state index contributed by atoms with van der Waals surface area (Å²) in [5, 5.41) is 11.7. The van der Waals surface area contributed by atoms with E-state index >= 15 is 0 Å². The Kier molecular flexibility index (Phi) is 5.35. The lowest BCUT2D eigenvalue weighted by atomic mass is 10.1. The molecule has 0 spiro atoms. The van der Waals surface area contributed by atoms with Crippen LogP contribution in [-0.4, -0.2) is 6.09 Å². The molecule has 1 amide bonds. The third kappa shape index (κ3) is 4.62. The normalized spacial score (nSPS) is 11.2. The van der Waals surface area contributed by atoms with E-state index < -0.39 is 12.1 Å². The molecule has 5 heteroatoms. The molecule has 106 valence electrons. The van der Waals surface area contributed by atoms with Gasteiger partial charge in [-0.15, -0.1) is 0 Å². The van der Waals surface area contributed by atoms with Crippen LogP contribution in [-0.2, 0) is 11.3 Å². The molecule has 2 aromatic carbocycles. The quantitative estimate of drug-likeness (QED) is 0.913. The van der Waals surface area contributed by atoms with E-state index in [0.29, 0.717) is 5.56 Å². The summed E-state index contributed by atoms with van der Waals surface area (Å²) in [6.07, 6.45) is -0.620. The molecule has 0 aliphatic heterocycles. The minimum Gasteiger partial charge on any atom is -0.445 e. The summed E-state index contributed by atoms with van der Waals surface area (Å²) in [5.41, 5.74) is 1.59. The molecule has 0 saturated heterocycles. The zero-order chi connectivity index (χ0) is 15.1. The van der Waals surface area contributed by atoms with Crippen molar-refractivity contribution in [3.05, 3.63) is 70.2 Å². The molecule has 0 bridgehead atoms. The van der Waals surface area contributed by atoms with Gasteiger partial charge in [-0.25, -0.2) is 4.79 Å². The molecular formula is C16H13BrN2O2. The van der Waals surface area contributed by atoms with Gasteiger partial charge in [0.05, 0.1) is 6.07 Å². The fourth-order valence-corrected chi connectivity index (χ4v) is 2.18. The number of hydrogen-bond acceptors (Lipinski definition) is 3. The highest BCUT2D eigenvalue weighted by Crippen LogP contribution is 2.18. The molecule has 2 rings (SSSR count). The molecule has 1 N–H and O–H groups in total. The number of ether oxygens (including phenoxy) is 1. The van der Waals surface area contributed by atoms with E-state index in [1.165, 1.54) is 0 Å². The van der Waals surface area contributed by atoms with Gasteiger partial charge in [0.1, 0.15) is 12.6 Å². The molecule has 0 aliphatic carbocycles. The summed E-state index contributed by atoms with van der Waals surface area (Å²) in [4.78, 5) is 11.7. The molecule has 0 heterocycles. The van der Waals surface area contributed by atoms with Crippen molar-refractivity contribution in [1.82, 2.24) is 5.32 Å². The second-order valence-corrected chi connectivity index (χ2v) is 5.24. The molecular weight excluding hydrogens is 332 g/mol. The molecule has 1 unspecified atom stereocenters. The first-order chi connectivity index (χ1) is 10.2. The summed E-state index contributed by atoms with van der Waals surface area (Å²) >= 11 is 3.33. The average Bonchev–Trinajstić information content (AvgIpc) is 2.51. The van der Waals surface area contributed by atoms with Crippen molar-refractivity contribution in [3.8, 4) is 6.07 Å². The van der Waals surface area contributed by atoms with Gasteiger partial charge in [-0.3, -0.25) is 0 Å². The predicted octanol–water partition coefficient (Wildman–Crippen LogP) is 3.94. The fourth-order valence-electron chi connectivity index (χ4n) is 1.76. The van der Waals surface area contributed by atoms with Gasteiger partial charge in [-0.1, -0.05) is 58.4 Å². The summed E-state index contributed by atoms with van der Waals surface area (Å²) in [7, 11) is 0. The van der Waals surface area contributed by atoms with Gasteiger partial charge in [-0.05, 0) is 23.3 Å². The van der Waals surface area contributed by atoms with Crippen LogP contribution < -0.4 is 5.32 Å². The van der Waals surface area contributed by atoms with Crippen molar-refractivity contribution < 1.29 is 9.53 Å². The standard InChI is InChI=1S/C16H13BrN2O2/c17-14-8-4-7-13(9-14)15(10-18)19-16(20)21-11-12-5-2-1-3-6-12/h1-9,15H,11H2,(H,19,20). The Labute approximate surface area is 131 Å². The third-order valence-electron chi connectivity index (χ3n) is 2.79. The molecule has 0 fully saturated rings. The molecule has 2 aromatic rings. The van der Waals surface area contributed by atoms with Gasteiger partial charge in [-0.2, -0.15) is 5.26 Å². The highest BCUT2D eigenvalue weighted by molar-refractivity contribution is 9.10. The lowest BCUT2D eigenvalue weighted by molar-refractivity contribution is 0.137. The van der Waals surface area contributed by atoms with Crippen LogP contribution in [0.3, 0.4) is 0 Å². The van der Waals surface area contributed by atoms with Crippen molar-refractivity contribution in [1.29, 1.82) is 5.26 Å². The van der Waals surface area contributed by atoms with Crippen molar-refractivity contribution in [2.75, 3.05) is 0 Å². The number of alkyl carbamates (subject to hydrolysis) is 1. The second-order valence-electron chi connectivity index (χ2n) is 4.32. The molecule has 1 atom stereocenters. The molecule has 0 aromatic heterocycles. The number of rotatable bonds is 4. The van der Waals surface area contributed by atoms with E-state index in [2.05, 4.69) is 21.2 Å². The number of amides is 1. The lowest BCUT2D eigenvalue weighted by Gasteiger charge is -2.12. The van der Waals surface area contributed by atoms with Crippen LogP contribution in [0.15, 0.2) is 59.1 Å². The van der Waals surface area contributed by atoms with Gasteiger partial charge < -0.3 is 10.1 Å². The van der Waals surface area contributed by atoms with E-state index in [1.54, 1.807) is 18.2 Å². The van der Waals surface area contributed by atoms with Gasteiger partial charge in [0.25, 0.3) is 0 Å². The SMILES string of the molecule is N#CC(NC(=O)OCc1ccccc1)c1cccc(Br)c1.